The maximum atomic E-state index is 11.2. The zero-order valence-electron chi connectivity index (χ0n) is 18.3. The second kappa shape index (κ2) is 11.9. The molecule has 1 N–H and O–H groups in total. The van der Waals surface area contributed by atoms with Gasteiger partial charge in [0.25, 0.3) is 0 Å². The lowest BCUT2D eigenvalue weighted by atomic mass is 10.00. The van der Waals surface area contributed by atoms with Crippen molar-refractivity contribution in [3.8, 4) is 5.75 Å². The quantitative estimate of drug-likeness (QED) is 0.514. The topological polar surface area (TPSA) is 59.0 Å². The lowest BCUT2D eigenvalue weighted by Crippen LogP contribution is -2.32. The number of thioether (sulfide) groups is 1. The van der Waals surface area contributed by atoms with Crippen LogP contribution in [0.1, 0.15) is 24.5 Å². The maximum Gasteiger partial charge on any atom is 0.333 e. The molecular weight excluding hydrogens is 410 g/mol. The summed E-state index contributed by atoms with van der Waals surface area (Å²) in [6.45, 7) is 5.66. The summed E-state index contributed by atoms with van der Waals surface area (Å²) in [6, 6.07) is 16.4. The molecule has 1 aliphatic heterocycles. The minimum Gasteiger partial charge on any atom is -0.492 e. The van der Waals surface area contributed by atoms with Crippen molar-refractivity contribution in [2.24, 2.45) is 0 Å². The van der Waals surface area contributed by atoms with Crippen LogP contribution in [0, 0.1) is 0 Å². The van der Waals surface area contributed by atoms with Gasteiger partial charge in [-0.3, -0.25) is 4.90 Å². The van der Waals surface area contributed by atoms with E-state index in [4.69, 9.17) is 9.47 Å². The van der Waals surface area contributed by atoms with E-state index in [9.17, 15) is 9.90 Å². The molecule has 0 bridgehead atoms. The van der Waals surface area contributed by atoms with Gasteiger partial charge in [0.2, 0.25) is 0 Å². The van der Waals surface area contributed by atoms with E-state index in [1.807, 2.05) is 24.3 Å². The van der Waals surface area contributed by atoms with Crippen molar-refractivity contribution in [2.75, 3.05) is 39.1 Å². The molecule has 0 spiro atoms. The molecule has 0 saturated carbocycles. The van der Waals surface area contributed by atoms with Gasteiger partial charge in [0.15, 0.2) is 6.10 Å². The van der Waals surface area contributed by atoms with E-state index in [1.54, 1.807) is 18.7 Å². The molecule has 0 fully saturated rings. The van der Waals surface area contributed by atoms with E-state index < -0.39 is 12.1 Å². The highest BCUT2D eigenvalue weighted by molar-refractivity contribution is 7.98. The van der Waals surface area contributed by atoms with Gasteiger partial charge in [0.1, 0.15) is 12.4 Å². The minimum absolute atomic E-state index is 0.353. The molecule has 2 aromatic rings. The van der Waals surface area contributed by atoms with Crippen LogP contribution in [0.15, 0.2) is 59.5 Å². The van der Waals surface area contributed by atoms with Gasteiger partial charge in [-0.15, -0.1) is 11.8 Å². The number of carboxylic acid groups (broad SMARTS) is 1. The summed E-state index contributed by atoms with van der Waals surface area (Å²) in [7, 11) is 0. The molecule has 0 aliphatic carbocycles. The van der Waals surface area contributed by atoms with Crippen molar-refractivity contribution in [1.29, 1.82) is 0 Å². The highest BCUT2D eigenvalue weighted by atomic mass is 32.2. The fourth-order valence-electron chi connectivity index (χ4n) is 3.63. The Kier molecular flexibility index (Phi) is 9.00. The number of carbonyl (C=O) groups is 1. The number of carboxylic acids is 1. The Morgan fingerprint density at radius 3 is 2.48 bits per heavy atom. The average Bonchev–Trinajstić information content (AvgIpc) is 2.80. The van der Waals surface area contributed by atoms with Crippen molar-refractivity contribution in [2.45, 2.75) is 30.8 Å². The molecule has 6 heteroatoms. The zero-order chi connectivity index (χ0) is 22.1. The van der Waals surface area contributed by atoms with Gasteiger partial charge in [-0.05, 0) is 60.6 Å². The van der Waals surface area contributed by atoms with Gasteiger partial charge < -0.3 is 14.6 Å². The number of benzene rings is 2. The monoisotopic (exact) mass is 441 g/mol. The lowest BCUT2D eigenvalue weighted by Gasteiger charge is -2.26. The molecule has 1 unspecified atom stereocenters. The third-order valence-electron chi connectivity index (χ3n) is 5.42. The molecule has 0 amide bonds. The number of aliphatic carboxylic acids is 1. The van der Waals surface area contributed by atoms with Crippen molar-refractivity contribution in [3.63, 3.8) is 0 Å². The highest BCUT2D eigenvalue weighted by Gasteiger charge is 2.18. The molecule has 0 radical (unpaired) electrons. The van der Waals surface area contributed by atoms with Crippen molar-refractivity contribution in [3.05, 3.63) is 65.7 Å². The van der Waals surface area contributed by atoms with E-state index in [2.05, 4.69) is 41.5 Å². The first kappa shape index (κ1) is 23.4. The van der Waals surface area contributed by atoms with Crippen LogP contribution in [-0.4, -0.2) is 61.2 Å². The molecule has 31 heavy (non-hydrogen) atoms. The number of hydrogen-bond donors (Lipinski definition) is 1. The van der Waals surface area contributed by atoms with E-state index in [0.29, 0.717) is 19.6 Å². The van der Waals surface area contributed by atoms with E-state index >= 15 is 0 Å². The molecule has 0 saturated heterocycles. The molecule has 166 valence electrons. The van der Waals surface area contributed by atoms with Crippen LogP contribution in [-0.2, 0) is 16.0 Å². The number of rotatable bonds is 11. The second-order valence-electron chi connectivity index (χ2n) is 7.49. The first-order valence-corrected chi connectivity index (χ1v) is 11.9. The molecule has 5 nitrogen and oxygen atoms in total. The smallest absolute Gasteiger partial charge is 0.333 e. The van der Waals surface area contributed by atoms with E-state index in [1.165, 1.54) is 16.0 Å². The van der Waals surface area contributed by atoms with Gasteiger partial charge in [0.05, 0.1) is 0 Å². The first-order valence-electron chi connectivity index (χ1n) is 10.7. The van der Waals surface area contributed by atoms with Crippen molar-refractivity contribution < 1.29 is 19.4 Å². The summed E-state index contributed by atoms with van der Waals surface area (Å²) in [6.07, 6.45) is 5.02. The largest absolute Gasteiger partial charge is 0.492 e. The fourth-order valence-corrected chi connectivity index (χ4v) is 4.04. The van der Waals surface area contributed by atoms with Crippen LogP contribution >= 0.6 is 11.8 Å². The summed E-state index contributed by atoms with van der Waals surface area (Å²) in [4.78, 5) is 14.9. The molecule has 2 aromatic carbocycles. The van der Waals surface area contributed by atoms with Crippen LogP contribution < -0.4 is 4.74 Å². The predicted molar refractivity (Wildman–Crippen MR) is 126 cm³/mol. The van der Waals surface area contributed by atoms with Crippen LogP contribution in [0.25, 0.3) is 5.57 Å². The molecule has 0 aromatic heterocycles. The zero-order valence-corrected chi connectivity index (χ0v) is 19.1. The lowest BCUT2D eigenvalue weighted by molar-refractivity contribution is -0.149. The van der Waals surface area contributed by atoms with Gasteiger partial charge in [0, 0.05) is 37.6 Å². The second-order valence-corrected chi connectivity index (χ2v) is 8.37. The average molecular weight is 442 g/mol. The molecule has 3 rings (SSSR count). The van der Waals surface area contributed by atoms with Gasteiger partial charge in [-0.1, -0.05) is 30.3 Å². The molecule has 1 atom stereocenters. The Labute approximate surface area is 189 Å². The van der Waals surface area contributed by atoms with E-state index in [0.717, 1.165) is 37.4 Å². The van der Waals surface area contributed by atoms with Gasteiger partial charge in [-0.2, -0.15) is 0 Å². The highest BCUT2D eigenvalue weighted by Crippen LogP contribution is 2.24. The maximum absolute atomic E-state index is 11.2. The standard InChI is InChI=1S/C25H31NO4S/c1-3-29-24(25(27)28)18-19-4-8-22(9-5-19)30-17-16-26-14-12-21(13-15-26)20-6-10-23(31-2)11-7-20/h4-12,24H,3,13-18H2,1-2H3,(H,27,28). The normalized spacial score (nSPS) is 15.4. The van der Waals surface area contributed by atoms with Crippen LogP contribution in [0.4, 0.5) is 0 Å². The van der Waals surface area contributed by atoms with Crippen LogP contribution in [0.5, 0.6) is 5.75 Å². The molecule has 1 aliphatic rings. The van der Waals surface area contributed by atoms with Gasteiger partial charge >= 0.3 is 5.97 Å². The summed E-state index contributed by atoms with van der Waals surface area (Å²) in [5.74, 6) is -0.132. The third kappa shape index (κ3) is 7.13. The van der Waals surface area contributed by atoms with Crippen LogP contribution in [0.2, 0.25) is 0 Å². The predicted octanol–water partition coefficient (Wildman–Crippen LogP) is 4.61. The first-order chi connectivity index (χ1) is 15.1. The summed E-state index contributed by atoms with van der Waals surface area (Å²) in [5, 5.41) is 9.20. The Balaban J connectivity index is 1.42. The number of ether oxygens (including phenoxy) is 2. The molecule has 1 heterocycles. The van der Waals surface area contributed by atoms with E-state index in [-0.39, 0.29) is 0 Å². The summed E-state index contributed by atoms with van der Waals surface area (Å²) in [5.41, 5.74) is 3.67. The fraction of sp³-hybridized carbons (Fsp3) is 0.400. The number of hydrogen-bond acceptors (Lipinski definition) is 5. The third-order valence-corrected chi connectivity index (χ3v) is 6.16. The van der Waals surface area contributed by atoms with Crippen molar-refractivity contribution >= 4 is 23.3 Å². The van der Waals surface area contributed by atoms with Gasteiger partial charge in [-0.25, -0.2) is 4.79 Å². The summed E-state index contributed by atoms with van der Waals surface area (Å²) >= 11 is 1.77. The van der Waals surface area contributed by atoms with Crippen LogP contribution in [0.3, 0.4) is 0 Å². The summed E-state index contributed by atoms with van der Waals surface area (Å²) < 4.78 is 11.2. The number of nitrogens with zero attached hydrogens (tertiary/aromatic N) is 1. The molecular formula is C25H31NO4S. The minimum atomic E-state index is -0.933. The Morgan fingerprint density at radius 2 is 1.90 bits per heavy atom. The Hall–Kier alpha value is -2.28. The Morgan fingerprint density at radius 1 is 1.16 bits per heavy atom. The SMILES string of the molecule is CCOC(Cc1ccc(OCCN2CC=C(c3ccc(SC)cc3)CC2)cc1)C(=O)O. The Bertz CT molecular complexity index is 864. The van der Waals surface area contributed by atoms with Crippen molar-refractivity contribution in [1.82, 2.24) is 4.90 Å².